The van der Waals surface area contributed by atoms with Gasteiger partial charge in [0.1, 0.15) is 5.82 Å². The van der Waals surface area contributed by atoms with E-state index >= 15 is 0 Å². The number of benzene rings is 1. The Labute approximate surface area is 138 Å². The molecule has 0 radical (unpaired) electrons. The van der Waals surface area contributed by atoms with Crippen molar-refractivity contribution in [3.8, 4) is 22.8 Å². The predicted octanol–water partition coefficient (Wildman–Crippen LogP) is 2.87. The molecule has 1 aliphatic rings. The number of hydrogen-bond donors (Lipinski definition) is 2. The molecular formula is C18H15FN4O. The summed E-state index contributed by atoms with van der Waals surface area (Å²) in [6.45, 7) is 2.52. The predicted molar refractivity (Wildman–Crippen MR) is 88.0 cm³/mol. The molecule has 1 aliphatic heterocycles. The lowest BCUT2D eigenvalue weighted by atomic mass is 10.1. The van der Waals surface area contributed by atoms with E-state index in [4.69, 9.17) is 0 Å². The van der Waals surface area contributed by atoms with Crippen molar-refractivity contribution in [3.63, 3.8) is 0 Å². The van der Waals surface area contributed by atoms with Crippen molar-refractivity contribution in [1.29, 1.82) is 0 Å². The first-order valence-corrected chi connectivity index (χ1v) is 7.72. The van der Waals surface area contributed by atoms with Crippen LogP contribution in [0.4, 0.5) is 4.39 Å². The van der Waals surface area contributed by atoms with Crippen molar-refractivity contribution >= 4 is 5.91 Å². The molecule has 0 fully saturated rings. The van der Waals surface area contributed by atoms with Crippen LogP contribution in [0.3, 0.4) is 0 Å². The summed E-state index contributed by atoms with van der Waals surface area (Å²) in [6, 6.07) is 8.13. The first kappa shape index (κ1) is 14.6. The second kappa shape index (κ2) is 5.56. The number of aromatic amines is 1. The fourth-order valence-electron chi connectivity index (χ4n) is 2.91. The molecule has 6 heteroatoms. The van der Waals surface area contributed by atoms with Gasteiger partial charge in [0.25, 0.3) is 5.91 Å². The third kappa shape index (κ3) is 2.46. The molecule has 0 spiro atoms. The van der Waals surface area contributed by atoms with Gasteiger partial charge < -0.3 is 10.3 Å². The standard InChI is InChI=1S/C18H15FN4O/c1-10-2-3-11(19)8-12(10)17-20-6-5-15(23-17)16-9-13-14(22-16)4-7-21-18(13)24/h2-3,5-6,8-9,22H,4,7H2,1H3,(H,21,24). The number of rotatable bonds is 2. The highest BCUT2D eigenvalue weighted by Gasteiger charge is 2.20. The maximum Gasteiger partial charge on any atom is 0.253 e. The fraction of sp³-hybridized carbons (Fsp3) is 0.167. The molecule has 5 nitrogen and oxygen atoms in total. The summed E-state index contributed by atoms with van der Waals surface area (Å²) in [5.74, 6) is 0.0622. The van der Waals surface area contributed by atoms with Gasteiger partial charge in [0.15, 0.2) is 5.82 Å². The average molecular weight is 322 g/mol. The number of H-pyrrole nitrogens is 1. The van der Waals surface area contributed by atoms with Crippen LogP contribution in [-0.4, -0.2) is 27.4 Å². The van der Waals surface area contributed by atoms with E-state index < -0.39 is 0 Å². The van der Waals surface area contributed by atoms with Gasteiger partial charge in [0, 0.05) is 30.4 Å². The summed E-state index contributed by atoms with van der Waals surface area (Å²) in [4.78, 5) is 24.0. The zero-order valence-corrected chi connectivity index (χ0v) is 13.1. The normalized spacial score (nSPS) is 13.5. The molecule has 0 unspecified atom stereocenters. The molecule has 120 valence electrons. The average Bonchev–Trinajstić information content (AvgIpc) is 3.03. The highest BCUT2D eigenvalue weighted by molar-refractivity contribution is 5.97. The quantitative estimate of drug-likeness (QED) is 0.762. The van der Waals surface area contributed by atoms with Crippen LogP contribution < -0.4 is 5.32 Å². The third-order valence-electron chi connectivity index (χ3n) is 4.18. The molecule has 0 saturated heterocycles. The molecule has 3 aromatic rings. The van der Waals surface area contributed by atoms with E-state index in [1.165, 1.54) is 12.1 Å². The maximum absolute atomic E-state index is 13.5. The molecule has 2 N–H and O–H groups in total. The molecule has 1 aromatic carbocycles. The third-order valence-corrected chi connectivity index (χ3v) is 4.18. The largest absolute Gasteiger partial charge is 0.356 e. The minimum atomic E-state index is -0.323. The lowest BCUT2D eigenvalue weighted by molar-refractivity contribution is 0.0946. The fourth-order valence-corrected chi connectivity index (χ4v) is 2.91. The summed E-state index contributed by atoms with van der Waals surface area (Å²) in [6.07, 6.45) is 2.41. The number of halogens is 1. The van der Waals surface area contributed by atoms with Crippen molar-refractivity contribution in [2.75, 3.05) is 6.54 Å². The molecular weight excluding hydrogens is 307 g/mol. The van der Waals surface area contributed by atoms with Crippen LogP contribution in [0.5, 0.6) is 0 Å². The molecule has 3 heterocycles. The summed E-state index contributed by atoms with van der Waals surface area (Å²) < 4.78 is 13.5. The zero-order chi connectivity index (χ0) is 16.7. The van der Waals surface area contributed by atoms with Gasteiger partial charge in [-0.05, 0) is 36.8 Å². The number of hydrogen-bond acceptors (Lipinski definition) is 3. The van der Waals surface area contributed by atoms with Gasteiger partial charge >= 0.3 is 0 Å². The van der Waals surface area contributed by atoms with E-state index in [0.717, 1.165) is 23.4 Å². The van der Waals surface area contributed by atoms with Crippen molar-refractivity contribution in [2.24, 2.45) is 0 Å². The van der Waals surface area contributed by atoms with Gasteiger partial charge in [-0.1, -0.05) is 6.07 Å². The lowest BCUT2D eigenvalue weighted by Crippen LogP contribution is -2.31. The Morgan fingerprint density at radius 2 is 2.04 bits per heavy atom. The van der Waals surface area contributed by atoms with E-state index in [1.54, 1.807) is 24.4 Å². The summed E-state index contributed by atoms with van der Waals surface area (Å²) >= 11 is 0. The Balaban J connectivity index is 1.78. The SMILES string of the molecule is Cc1ccc(F)cc1-c1nccc(-c2cc3c([nH]2)CCNC3=O)n1. The van der Waals surface area contributed by atoms with Gasteiger partial charge in [0.2, 0.25) is 0 Å². The second-order valence-corrected chi connectivity index (χ2v) is 5.81. The number of fused-ring (bicyclic) bond motifs is 1. The number of carbonyl (C=O) groups is 1. The van der Waals surface area contributed by atoms with Gasteiger partial charge in [-0.25, -0.2) is 14.4 Å². The molecule has 0 saturated carbocycles. The van der Waals surface area contributed by atoms with E-state index in [1.807, 2.05) is 6.92 Å². The molecule has 4 rings (SSSR count). The first-order chi connectivity index (χ1) is 11.6. The lowest BCUT2D eigenvalue weighted by Gasteiger charge is -2.10. The van der Waals surface area contributed by atoms with Crippen LogP contribution in [0.1, 0.15) is 21.6 Å². The Hall–Kier alpha value is -3.02. The number of aryl methyl sites for hydroxylation is 1. The summed E-state index contributed by atoms with van der Waals surface area (Å²) in [5.41, 5.74) is 4.56. The molecule has 0 aliphatic carbocycles. The van der Waals surface area contributed by atoms with E-state index in [0.29, 0.717) is 29.2 Å². The number of amides is 1. The number of nitrogens with one attached hydrogen (secondary N) is 2. The summed E-state index contributed by atoms with van der Waals surface area (Å²) in [5, 5.41) is 2.82. The van der Waals surface area contributed by atoms with Crippen molar-refractivity contribution in [1.82, 2.24) is 20.3 Å². The van der Waals surface area contributed by atoms with Gasteiger partial charge in [0.05, 0.1) is 17.0 Å². The van der Waals surface area contributed by atoms with Crippen LogP contribution >= 0.6 is 0 Å². The molecule has 0 bridgehead atoms. The van der Waals surface area contributed by atoms with Crippen LogP contribution in [0.2, 0.25) is 0 Å². The van der Waals surface area contributed by atoms with E-state index in [9.17, 15) is 9.18 Å². The Kier molecular flexibility index (Phi) is 3.37. The second-order valence-electron chi connectivity index (χ2n) is 5.81. The van der Waals surface area contributed by atoms with Crippen LogP contribution in [0.25, 0.3) is 22.8 Å². The Bertz CT molecular complexity index is 948. The smallest absolute Gasteiger partial charge is 0.253 e. The van der Waals surface area contributed by atoms with Gasteiger partial charge in [-0.15, -0.1) is 0 Å². The van der Waals surface area contributed by atoms with Crippen LogP contribution in [-0.2, 0) is 6.42 Å². The monoisotopic (exact) mass is 322 g/mol. The maximum atomic E-state index is 13.5. The molecule has 1 amide bonds. The number of aromatic nitrogens is 3. The van der Waals surface area contributed by atoms with Crippen LogP contribution in [0, 0.1) is 12.7 Å². The minimum absolute atomic E-state index is 0.0750. The van der Waals surface area contributed by atoms with Crippen molar-refractivity contribution < 1.29 is 9.18 Å². The van der Waals surface area contributed by atoms with Gasteiger partial charge in [-0.3, -0.25) is 4.79 Å². The Morgan fingerprint density at radius 1 is 1.17 bits per heavy atom. The number of carbonyl (C=O) groups excluding carboxylic acids is 1. The van der Waals surface area contributed by atoms with Crippen molar-refractivity contribution in [3.05, 3.63) is 59.2 Å². The molecule has 0 atom stereocenters. The Morgan fingerprint density at radius 3 is 2.88 bits per heavy atom. The van der Waals surface area contributed by atoms with Gasteiger partial charge in [-0.2, -0.15) is 0 Å². The summed E-state index contributed by atoms with van der Waals surface area (Å²) in [7, 11) is 0. The van der Waals surface area contributed by atoms with E-state index in [2.05, 4.69) is 20.3 Å². The van der Waals surface area contributed by atoms with E-state index in [-0.39, 0.29) is 11.7 Å². The zero-order valence-electron chi connectivity index (χ0n) is 13.1. The minimum Gasteiger partial charge on any atom is -0.356 e. The highest BCUT2D eigenvalue weighted by atomic mass is 19.1. The molecule has 2 aromatic heterocycles. The highest BCUT2D eigenvalue weighted by Crippen LogP contribution is 2.26. The van der Waals surface area contributed by atoms with Crippen molar-refractivity contribution in [2.45, 2.75) is 13.3 Å². The first-order valence-electron chi connectivity index (χ1n) is 7.72. The number of nitrogens with zero attached hydrogens (tertiary/aromatic N) is 2. The topological polar surface area (TPSA) is 70.7 Å². The molecule has 24 heavy (non-hydrogen) atoms. The van der Waals surface area contributed by atoms with Crippen LogP contribution in [0.15, 0.2) is 36.5 Å².